The van der Waals surface area contributed by atoms with Crippen LogP contribution in [0, 0.1) is 13.8 Å². The molecule has 0 aliphatic rings. The highest BCUT2D eigenvalue weighted by Gasteiger charge is 2.09. The summed E-state index contributed by atoms with van der Waals surface area (Å²) in [6.07, 6.45) is 3.90. The van der Waals surface area contributed by atoms with Crippen molar-refractivity contribution in [2.45, 2.75) is 34.1 Å². The summed E-state index contributed by atoms with van der Waals surface area (Å²) >= 11 is 0. The van der Waals surface area contributed by atoms with Crippen LogP contribution in [0.5, 0.6) is 0 Å². The van der Waals surface area contributed by atoms with Crippen LogP contribution in [0.15, 0.2) is 47.2 Å². The van der Waals surface area contributed by atoms with E-state index in [1.807, 2.05) is 52.0 Å². The van der Waals surface area contributed by atoms with Crippen LogP contribution in [0.4, 0.5) is 0 Å². The third-order valence-electron chi connectivity index (χ3n) is 3.70. The Kier molecular flexibility index (Phi) is 6.06. The number of aromatic nitrogens is 2. The van der Waals surface area contributed by atoms with Crippen LogP contribution in [0.1, 0.15) is 46.9 Å². The molecule has 0 spiro atoms. The summed E-state index contributed by atoms with van der Waals surface area (Å²) in [6.45, 7) is 7.74. The zero-order chi connectivity index (χ0) is 18.4. The molecule has 3 rings (SSSR count). The number of nitrogens with zero attached hydrogens (tertiary/aromatic N) is 2. The Morgan fingerprint density at radius 2 is 1.84 bits per heavy atom. The normalized spacial score (nSPS) is 10.1. The summed E-state index contributed by atoms with van der Waals surface area (Å²) < 4.78 is 5.22. The van der Waals surface area contributed by atoms with Gasteiger partial charge >= 0.3 is 5.97 Å². The molecule has 0 fully saturated rings. The van der Waals surface area contributed by atoms with E-state index in [0.717, 1.165) is 27.9 Å². The number of benzene rings is 1. The van der Waals surface area contributed by atoms with E-state index in [9.17, 15) is 4.79 Å². The molecule has 0 saturated carbocycles. The van der Waals surface area contributed by atoms with E-state index in [0.29, 0.717) is 12.3 Å². The number of carbonyl (C=O) groups is 1. The topological polar surface area (TPSA) is 76.2 Å². The third-order valence-corrected chi connectivity index (χ3v) is 3.70. The number of hydrogen-bond acceptors (Lipinski definition) is 4. The maximum absolute atomic E-state index is 11.0. The first-order chi connectivity index (χ1) is 12.0. The van der Waals surface area contributed by atoms with E-state index in [1.165, 1.54) is 0 Å². The lowest BCUT2D eigenvalue weighted by atomic mass is 10.00. The first-order valence-corrected chi connectivity index (χ1v) is 8.23. The number of oxazole rings is 1. The van der Waals surface area contributed by atoms with Gasteiger partial charge in [0, 0.05) is 18.7 Å². The molecule has 0 amide bonds. The maximum Gasteiger partial charge on any atom is 0.354 e. The van der Waals surface area contributed by atoms with Crippen LogP contribution >= 0.6 is 0 Å². The summed E-state index contributed by atoms with van der Waals surface area (Å²) in [4.78, 5) is 19.3. The monoisotopic (exact) mass is 338 g/mol. The molecule has 2 heterocycles. The Bertz CT molecular complexity index is 852. The van der Waals surface area contributed by atoms with Crippen molar-refractivity contribution in [2.24, 2.45) is 0 Å². The average molecular weight is 338 g/mol. The Morgan fingerprint density at radius 1 is 1.16 bits per heavy atom. The van der Waals surface area contributed by atoms with E-state index < -0.39 is 5.97 Å². The molecule has 5 nitrogen and oxygen atoms in total. The van der Waals surface area contributed by atoms with Gasteiger partial charge in [0.05, 0.1) is 0 Å². The number of pyridine rings is 1. The van der Waals surface area contributed by atoms with E-state index >= 15 is 0 Å². The SMILES string of the molecule is CC.Cc1nc(-c2ccc(Cc3cc(C(=O)O)ncc3C)cc2)co1. The Morgan fingerprint density at radius 3 is 2.40 bits per heavy atom. The van der Waals surface area contributed by atoms with Crippen LogP contribution in [0.25, 0.3) is 11.3 Å². The molecule has 130 valence electrons. The predicted molar refractivity (Wildman–Crippen MR) is 96.8 cm³/mol. The van der Waals surface area contributed by atoms with Gasteiger partial charge in [0.1, 0.15) is 17.7 Å². The number of aryl methyl sites for hydroxylation is 2. The molecular formula is C20H22N2O3. The van der Waals surface area contributed by atoms with Gasteiger partial charge < -0.3 is 9.52 Å². The summed E-state index contributed by atoms with van der Waals surface area (Å²) in [5.74, 6) is -0.374. The summed E-state index contributed by atoms with van der Waals surface area (Å²) in [5, 5.41) is 9.05. The van der Waals surface area contributed by atoms with E-state index in [-0.39, 0.29) is 5.69 Å². The molecule has 0 atom stereocenters. The average Bonchev–Trinajstić information content (AvgIpc) is 3.05. The second-order valence-corrected chi connectivity index (χ2v) is 5.43. The quantitative estimate of drug-likeness (QED) is 0.748. The van der Waals surface area contributed by atoms with Crippen LogP contribution in [0.2, 0.25) is 0 Å². The molecule has 0 radical (unpaired) electrons. The lowest BCUT2D eigenvalue weighted by molar-refractivity contribution is 0.0690. The van der Waals surface area contributed by atoms with Gasteiger partial charge in [0.25, 0.3) is 0 Å². The molecule has 3 aromatic rings. The predicted octanol–water partition coefficient (Wildman–Crippen LogP) is 4.67. The lowest BCUT2D eigenvalue weighted by Gasteiger charge is -2.07. The van der Waals surface area contributed by atoms with Crippen LogP contribution in [0.3, 0.4) is 0 Å². The van der Waals surface area contributed by atoms with Crippen LogP contribution in [-0.4, -0.2) is 21.0 Å². The van der Waals surface area contributed by atoms with Gasteiger partial charge in [0.2, 0.25) is 0 Å². The van der Waals surface area contributed by atoms with Crippen molar-refractivity contribution in [1.29, 1.82) is 0 Å². The fraction of sp³-hybridized carbons (Fsp3) is 0.250. The minimum Gasteiger partial charge on any atom is -0.477 e. The van der Waals surface area contributed by atoms with Gasteiger partial charge in [-0.1, -0.05) is 38.1 Å². The van der Waals surface area contributed by atoms with Crippen molar-refractivity contribution in [3.05, 3.63) is 71.1 Å². The second kappa shape index (κ2) is 8.24. The van der Waals surface area contributed by atoms with Gasteiger partial charge in [-0.05, 0) is 36.1 Å². The largest absolute Gasteiger partial charge is 0.477 e. The highest BCUT2D eigenvalue weighted by molar-refractivity contribution is 5.85. The zero-order valence-corrected chi connectivity index (χ0v) is 14.9. The van der Waals surface area contributed by atoms with Crippen LogP contribution < -0.4 is 0 Å². The molecular weight excluding hydrogens is 316 g/mol. The summed E-state index contributed by atoms with van der Waals surface area (Å²) in [5.41, 5.74) is 4.90. The number of carboxylic acid groups (broad SMARTS) is 1. The van der Waals surface area contributed by atoms with E-state index in [4.69, 9.17) is 9.52 Å². The molecule has 0 saturated heterocycles. The molecule has 25 heavy (non-hydrogen) atoms. The van der Waals surface area contributed by atoms with Crippen LogP contribution in [-0.2, 0) is 6.42 Å². The minimum atomic E-state index is -1.01. The summed E-state index contributed by atoms with van der Waals surface area (Å²) in [7, 11) is 0. The minimum absolute atomic E-state index is 0.0697. The fourth-order valence-electron chi connectivity index (χ4n) is 2.38. The Labute approximate surface area is 147 Å². The maximum atomic E-state index is 11.0. The molecule has 2 aromatic heterocycles. The van der Waals surface area contributed by atoms with Crippen molar-refractivity contribution in [2.75, 3.05) is 0 Å². The first kappa shape index (κ1) is 18.4. The zero-order valence-electron chi connectivity index (χ0n) is 14.9. The first-order valence-electron chi connectivity index (χ1n) is 8.23. The molecule has 1 aromatic carbocycles. The molecule has 0 aliphatic carbocycles. The van der Waals surface area contributed by atoms with Crippen molar-refractivity contribution in [1.82, 2.24) is 9.97 Å². The number of rotatable bonds is 4. The molecule has 0 aliphatic heterocycles. The number of hydrogen-bond donors (Lipinski definition) is 1. The highest BCUT2D eigenvalue weighted by Crippen LogP contribution is 2.21. The third kappa shape index (κ3) is 4.53. The fourth-order valence-corrected chi connectivity index (χ4v) is 2.38. The Hall–Kier alpha value is -2.95. The summed E-state index contributed by atoms with van der Waals surface area (Å²) in [6, 6.07) is 9.63. The molecule has 0 bridgehead atoms. The Balaban J connectivity index is 0.00000109. The van der Waals surface area contributed by atoms with Gasteiger partial charge in [-0.3, -0.25) is 0 Å². The lowest BCUT2D eigenvalue weighted by Crippen LogP contribution is -2.03. The second-order valence-electron chi connectivity index (χ2n) is 5.43. The molecule has 1 N–H and O–H groups in total. The van der Waals surface area contributed by atoms with Gasteiger partial charge in [-0.15, -0.1) is 0 Å². The molecule has 5 heteroatoms. The highest BCUT2D eigenvalue weighted by atomic mass is 16.4. The van der Waals surface area contributed by atoms with Gasteiger partial charge in [-0.2, -0.15) is 0 Å². The van der Waals surface area contributed by atoms with Crippen molar-refractivity contribution in [3.63, 3.8) is 0 Å². The van der Waals surface area contributed by atoms with Gasteiger partial charge in [-0.25, -0.2) is 14.8 Å². The number of aromatic carboxylic acids is 1. The van der Waals surface area contributed by atoms with Crippen molar-refractivity contribution >= 4 is 5.97 Å². The van der Waals surface area contributed by atoms with E-state index in [1.54, 1.807) is 18.5 Å². The smallest absolute Gasteiger partial charge is 0.354 e. The van der Waals surface area contributed by atoms with Crippen molar-refractivity contribution < 1.29 is 14.3 Å². The van der Waals surface area contributed by atoms with Gasteiger partial charge in [0.15, 0.2) is 5.89 Å². The number of carboxylic acids is 1. The van der Waals surface area contributed by atoms with Crippen molar-refractivity contribution in [3.8, 4) is 11.3 Å². The standard InChI is InChI=1S/C18H16N2O3.C2H6/c1-11-9-19-16(18(21)22)8-15(11)7-13-3-5-14(6-4-13)17-10-23-12(2)20-17;1-2/h3-6,8-10H,7H2,1-2H3,(H,21,22);1-2H3. The molecule has 0 unspecified atom stereocenters. The van der Waals surface area contributed by atoms with E-state index in [2.05, 4.69) is 9.97 Å².